The van der Waals surface area contributed by atoms with Gasteiger partial charge in [-0.1, -0.05) is 23.2 Å². The molecule has 1 aromatic heterocycles. The number of pyridine rings is 1. The number of hydrogen-bond donors (Lipinski definition) is 0. The molecular weight excluding hydrogens is 321 g/mol. The lowest BCUT2D eigenvalue weighted by molar-refractivity contribution is -0.158. The molecule has 8 heteroatoms. The Hall–Kier alpha value is -1.66. The minimum absolute atomic E-state index is 0.0177. The summed E-state index contributed by atoms with van der Waals surface area (Å²) in [7, 11) is 0. The zero-order chi connectivity index (χ0) is 16.0. The van der Waals surface area contributed by atoms with E-state index < -0.39 is 23.6 Å². The van der Waals surface area contributed by atoms with Crippen molar-refractivity contribution in [2.24, 2.45) is 5.92 Å². The first-order valence-electron chi connectivity index (χ1n) is 6.10. The molecule has 0 aliphatic heterocycles. The van der Waals surface area contributed by atoms with Crippen molar-refractivity contribution in [1.29, 1.82) is 0 Å². The number of nitrogens with zero attached hydrogens (tertiary/aromatic N) is 1. The lowest BCUT2D eigenvalue weighted by Crippen LogP contribution is -2.35. The van der Waals surface area contributed by atoms with Gasteiger partial charge in [0.25, 0.3) is 0 Å². The maximum absolute atomic E-state index is 12.3. The first-order chi connectivity index (χ1) is 9.92. The van der Waals surface area contributed by atoms with Crippen LogP contribution in [0.3, 0.4) is 0 Å². The molecule has 6 nitrogen and oxygen atoms in total. The second-order valence-electron chi connectivity index (χ2n) is 3.79. The second-order valence-corrected chi connectivity index (χ2v) is 4.63. The van der Waals surface area contributed by atoms with E-state index in [-0.39, 0.29) is 29.0 Å². The van der Waals surface area contributed by atoms with Crippen molar-refractivity contribution >= 4 is 40.9 Å². The molecule has 21 heavy (non-hydrogen) atoms. The Bertz CT molecular complexity index is 543. The number of aromatic nitrogens is 1. The average molecular weight is 334 g/mol. The zero-order valence-corrected chi connectivity index (χ0v) is 12.9. The summed E-state index contributed by atoms with van der Waals surface area (Å²) in [6, 6.07) is 1.29. The standard InChI is InChI=1S/C13H13Cl2NO5/c1-3-20-12(18)9(13(19)21-4-2)11(17)10-8(15)5-7(14)6-16-10/h5-6,9H,3-4H2,1-2H3. The van der Waals surface area contributed by atoms with Gasteiger partial charge in [0.2, 0.25) is 11.7 Å². The van der Waals surface area contributed by atoms with Crippen molar-refractivity contribution in [2.75, 3.05) is 13.2 Å². The normalized spacial score (nSPS) is 10.3. The van der Waals surface area contributed by atoms with E-state index in [1.54, 1.807) is 13.8 Å². The van der Waals surface area contributed by atoms with Crippen LogP contribution in [-0.4, -0.2) is 35.9 Å². The third kappa shape index (κ3) is 4.41. The highest BCUT2D eigenvalue weighted by atomic mass is 35.5. The molecule has 0 N–H and O–H groups in total. The monoisotopic (exact) mass is 333 g/mol. The zero-order valence-electron chi connectivity index (χ0n) is 11.4. The van der Waals surface area contributed by atoms with Gasteiger partial charge in [0.15, 0.2) is 0 Å². The fraction of sp³-hybridized carbons (Fsp3) is 0.385. The molecule has 0 fully saturated rings. The third-order valence-electron chi connectivity index (χ3n) is 2.35. The predicted octanol–water partition coefficient (Wildman–Crippen LogP) is 2.31. The van der Waals surface area contributed by atoms with Crippen LogP contribution in [0.4, 0.5) is 0 Å². The minimum atomic E-state index is -1.75. The summed E-state index contributed by atoms with van der Waals surface area (Å²) in [5.41, 5.74) is -0.243. The van der Waals surface area contributed by atoms with Gasteiger partial charge in [-0.15, -0.1) is 0 Å². The molecule has 0 aromatic carbocycles. The lowest BCUT2D eigenvalue weighted by Gasteiger charge is -2.13. The molecule has 0 unspecified atom stereocenters. The summed E-state index contributed by atoms with van der Waals surface area (Å²) in [5, 5.41) is 0.159. The van der Waals surface area contributed by atoms with Crippen molar-refractivity contribution < 1.29 is 23.9 Å². The Morgan fingerprint density at radius 2 is 1.67 bits per heavy atom. The molecular formula is C13H13Cl2NO5. The summed E-state index contributed by atoms with van der Waals surface area (Å²) in [6.07, 6.45) is 1.19. The Labute approximate surface area is 131 Å². The van der Waals surface area contributed by atoms with Crippen molar-refractivity contribution in [3.05, 3.63) is 28.0 Å². The van der Waals surface area contributed by atoms with Gasteiger partial charge in [0.05, 0.1) is 23.3 Å². The van der Waals surface area contributed by atoms with Crippen LogP contribution in [0.1, 0.15) is 24.3 Å². The van der Waals surface area contributed by atoms with Crippen LogP contribution in [-0.2, 0) is 19.1 Å². The highest BCUT2D eigenvalue weighted by Gasteiger charge is 2.39. The largest absolute Gasteiger partial charge is 0.465 e. The smallest absolute Gasteiger partial charge is 0.328 e. The SMILES string of the molecule is CCOC(=O)C(C(=O)OCC)C(=O)c1ncc(Cl)cc1Cl. The quantitative estimate of drug-likeness (QED) is 0.451. The third-order valence-corrected chi connectivity index (χ3v) is 2.84. The molecule has 0 spiro atoms. The molecule has 0 saturated carbocycles. The molecule has 1 aromatic rings. The topological polar surface area (TPSA) is 82.6 Å². The maximum atomic E-state index is 12.3. The van der Waals surface area contributed by atoms with E-state index >= 15 is 0 Å². The molecule has 0 aliphatic carbocycles. The highest BCUT2D eigenvalue weighted by molar-refractivity contribution is 6.37. The lowest BCUT2D eigenvalue weighted by atomic mass is 10.0. The summed E-state index contributed by atoms with van der Waals surface area (Å²) >= 11 is 11.5. The summed E-state index contributed by atoms with van der Waals surface area (Å²) < 4.78 is 9.44. The number of Topliss-reactive ketones (excluding diaryl/α,β-unsaturated/α-hetero) is 1. The minimum Gasteiger partial charge on any atom is -0.465 e. The number of carbonyl (C=O) groups is 3. The number of ketones is 1. The number of carbonyl (C=O) groups excluding carboxylic acids is 3. The van der Waals surface area contributed by atoms with Gasteiger partial charge in [-0.2, -0.15) is 0 Å². The number of hydrogen-bond acceptors (Lipinski definition) is 6. The molecule has 1 rings (SSSR count). The average Bonchev–Trinajstić information content (AvgIpc) is 2.39. The van der Waals surface area contributed by atoms with Gasteiger partial charge in [-0.25, -0.2) is 4.98 Å². The van der Waals surface area contributed by atoms with E-state index in [4.69, 9.17) is 32.7 Å². The van der Waals surface area contributed by atoms with Crippen LogP contribution in [0, 0.1) is 5.92 Å². The van der Waals surface area contributed by atoms with Crippen molar-refractivity contribution in [1.82, 2.24) is 4.98 Å². The van der Waals surface area contributed by atoms with Gasteiger partial charge in [-0.05, 0) is 19.9 Å². The molecule has 0 radical (unpaired) electrons. The molecule has 0 atom stereocenters. The van der Waals surface area contributed by atoms with Gasteiger partial charge in [-0.3, -0.25) is 14.4 Å². The predicted molar refractivity (Wildman–Crippen MR) is 75.3 cm³/mol. The number of halogens is 2. The molecule has 0 aliphatic rings. The van der Waals surface area contributed by atoms with Gasteiger partial charge in [0.1, 0.15) is 5.69 Å². The molecule has 0 saturated heterocycles. The summed E-state index contributed by atoms with van der Waals surface area (Å²) in [4.78, 5) is 39.7. The highest BCUT2D eigenvalue weighted by Crippen LogP contribution is 2.22. The molecule has 0 amide bonds. The Kier molecular flexibility index (Phi) is 6.58. The van der Waals surface area contributed by atoms with E-state index in [0.29, 0.717) is 0 Å². The van der Waals surface area contributed by atoms with Crippen molar-refractivity contribution in [3.8, 4) is 0 Å². The number of ether oxygens (including phenoxy) is 2. The summed E-state index contributed by atoms with van der Waals surface area (Å²) in [5.74, 6) is -4.66. The van der Waals surface area contributed by atoms with Gasteiger partial charge in [0, 0.05) is 6.20 Å². The Balaban J connectivity index is 3.15. The number of rotatable bonds is 6. The van der Waals surface area contributed by atoms with Crippen LogP contribution in [0.15, 0.2) is 12.3 Å². The van der Waals surface area contributed by atoms with E-state index in [1.807, 2.05) is 0 Å². The fourth-order valence-corrected chi connectivity index (χ4v) is 1.97. The molecule has 0 bridgehead atoms. The second kappa shape index (κ2) is 7.95. The van der Waals surface area contributed by atoms with Gasteiger partial charge >= 0.3 is 11.9 Å². The first kappa shape index (κ1) is 17.4. The van der Waals surface area contributed by atoms with Crippen molar-refractivity contribution in [3.63, 3.8) is 0 Å². The van der Waals surface area contributed by atoms with Gasteiger partial charge < -0.3 is 9.47 Å². The number of esters is 2. The fourth-order valence-electron chi connectivity index (χ4n) is 1.49. The van der Waals surface area contributed by atoms with E-state index in [1.165, 1.54) is 12.3 Å². The summed E-state index contributed by atoms with van der Waals surface area (Å²) in [6.45, 7) is 3.14. The van der Waals surface area contributed by atoms with Crippen LogP contribution >= 0.6 is 23.2 Å². The maximum Gasteiger partial charge on any atom is 0.328 e. The first-order valence-corrected chi connectivity index (χ1v) is 6.86. The molecule has 114 valence electrons. The Morgan fingerprint density at radius 1 is 1.14 bits per heavy atom. The van der Waals surface area contributed by atoms with Crippen LogP contribution < -0.4 is 0 Å². The molecule has 1 heterocycles. The van der Waals surface area contributed by atoms with Crippen molar-refractivity contribution in [2.45, 2.75) is 13.8 Å². The van der Waals surface area contributed by atoms with Crippen LogP contribution in [0.2, 0.25) is 10.0 Å². The Morgan fingerprint density at radius 3 is 2.10 bits per heavy atom. The van der Waals surface area contributed by atoms with E-state index in [0.717, 1.165) is 0 Å². The van der Waals surface area contributed by atoms with Crippen LogP contribution in [0.25, 0.3) is 0 Å². The van der Waals surface area contributed by atoms with E-state index in [2.05, 4.69) is 4.98 Å². The van der Waals surface area contributed by atoms with E-state index in [9.17, 15) is 14.4 Å². The van der Waals surface area contributed by atoms with Crippen LogP contribution in [0.5, 0.6) is 0 Å².